The maximum atomic E-state index is 12.4. The molecule has 0 atom stereocenters. The Labute approximate surface area is 135 Å². The van der Waals surface area contributed by atoms with Crippen LogP contribution in [-0.4, -0.2) is 69.3 Å². The number of ketones is 1. The van der Waals surface area contributed by atoms with E-state index >= 15 is 0 Å². The predicted octanol–water partition coefficient (Wildman–Crippen LogP) is 1.95. The summed E-state index contributed by atoms with van der Waals surface area (Å²) in [6, 6.07) is 5.30. The van der Waals surface area contributed by atoms with Crippen LogP contribution in [0.15, 0.2) is 18.2 Å². The van der Waals surface area contributed by atoms with Gasteiger partial charge in [-0.15, -0.1) is 0 Å². The molecule has 122 valence electrons. The first kappa shape index (κ1) is 17.1. The number of hydrogen-bond acceptors (Lipinski definition) is 6. The molecule has 0 aromatic heterocycles. The van der Waals surface area contributed by atoms with Crippen molar-refractivity contribution >= 4 is 17.5 Å². The van der Waals surface area contributed by atoms with E-state index in [0.29, 0.717) is 22.8 Å². The number of thioether (sulfide) groups is 1. The second kappa shape index (κ2) is 9.02. The number of morpholine rings is 1. The largest absolute Gasteiger partial charge is 0.497 e. The van der Waals surface area contributed by atoms with Gasteiger partial charge in [-0.05, 0) is 18.2 Å². The van der Waals surface area contributed by atoms with Crippen molar-refractivity contribution in [1.29, 1.82) is 0 Å². The van der Waals surface area contributed by atoms with Gasteiger partial charge in [0.05, 0.1) is 38.7 Å². The lowest BCUT2D eigenvalue weighted by molar-refractivity contribution is 0.0410. The van der Waals surface area contributed by atoms with Crippen molar-refractivity contribution in [2.45, 2.75) is 0 Å². The van der Waals surface area contributed by atoms with Crippen LogP contribution in [0, 0.1) is 0 Å². The predicted molar refractivity (Wildman–Crippen MR) is 88.5 cm³/mol. The summed E-state index contributed by atoms with van der Waals surface area (Å²) in [7, 11) is 3.16. The minimum absolute atomic E-state index is 0.0720. The minimum atomic E-state index is 0.0720. The fraction of sp³-hybridized carbons (Fsp3) is 0.562. The zero-order valence-electron chi connectivity index (χ0n) is 13.2. The molecular weight excluding hydrogens is 302 g/mol. The first-order chi connectivity index (χ1) is 10.7. The van der Waals surface area contributed by atoms with E-state index in [1.165, 1.54) is 0 Å². The fourth-order valence-corrected chi connectivity index (χ4v) is 3.17. The molecule has 0 radical (unpaired) electrons. The van der Waals surface area contributed by atoms with Gasteiger partial charge in [0.15, 0.2) is 5.78 Å². The van der Waals surface area contributed by atoms with Crippen molar-refractivity contribution in [3.63, 3.8) is 0 Å². The van der Waals surface area contributed by atoms with Crippen molar-refractivity contribution < 1.29 is 19.0 Å². The maximum Gasteiger partial charge on any atom is 0.176 e. The lowest BCUT2D eigenvalue weighted by Gasteiger charge is -2.26. The van der Waals surface area contributed by atoms with Crippen molar-refractivity contribution in [3.8, 4) is 11.5 Å². The Hall–Kier alpha value is -1.24. The van der Waals surface area contributed by atoms with Gasteiger partial charge in [-0.1, -0.05) is 0 Å². The third kappa shape index (κ3) is 4.90. The first-order valence-corrected chi connectivity index (χ1v) is 8.53. The third-order valence-corrected chi connectivity index (χ3v) is 4.53. The van der Waals surface area contributed by atoms with E-state index in [2.05, 4.69) is 4.90 Å². The number of hydrogen-bond donors (Lipinski definition) is 0. The topological polar surface area (TPSA) is 48.0 Å². The van der Waals surface area contributed by atoms with Gasteiger partial charge >= 0.3 is 0 Å². The molecule has 1 aromatic rings. The summed E-state index contributed by atoms with van der Waals surface area (Å²) in [5, 5.41) is 0. The molecule has 0 spiro atoms. The number of methoxy groups -OCH3 is 2. The highest BCUT2D eigenvalue weighted by atomic mass is 32.2. The highest BCUT2D eigenvalue weighted by Crippen LogP contribution is 2.25. The Morgan fingerprint density at radius 3 is 2.73 bits per heavy atom. The van der Waals surface area contributed by atoms with Gasteiger partial charge in [-0.3, -0.25) is 9.69 Å². The molecule has 0 amide bonds. The maximum absolute atomic E-state index is 12.4. The number of nitrogens with zero attached hydrogens (tertiary/aromatic N) is 1. The van der Waals surface area contributed by atoms with Crippen LogP contribution in [0.3, 0.4) is 0 Å². The first-order valence-electron chi connectivity index (χ1n) is 7.37. The lowest BCUT2D eigenvalue weighted by atomic mass is 10.1. The number of benzene rings is 1. The second-order valence-corrected chi connectivity index (χ2v) is 6.10. The van der Waals surface area contributed by atoms with Crippen LogP contribution >= 0.6 is 11.8 Å². The van der Waals surface area contributed by atoms with Gasteiger partial charge in [-0.25, -0.2) is 0 Å². The molecule has 1 aliphatic heterocycles. The van der Waals surface area contributed by atoms with Crippen molar-refractivity contribution in [2.24, 2.45) is 0 Å². The second-order valence-electron chi connectivity index (χ2n) is 5.00. The molecule has 0 N–H and O–H groups in total. The van der Waals surface area contributed by atoms with E-state index in [1.54, 1.807) is 44.2 Å². The van der Waals surface area contributed by atoms with Crippen molar-refractivity contribution in [3.05, 3.63) is 23.8 Å². The Morgan fingerprint density at radius 2 is 2.05 bits per heavy atom. The molecule has 0 aliphatic carbocycles. The van der Waals surface area contributed by atoms with Crippen molar-refractivity contribution in [2.75, 3.05) is 58.6 Å². The SMILES string of the molecule is COc1ccc(OC)c(C(=O)CSCCN2CCOCC2)c1. The van der Waals surface area contributed by atoms with Crippen LogP contribution < -0.4 is 9.47 Å². The number of Topliss-reactive ketones (excluding diaryl/α,β-unsaturated/α-hetero) is 1. The van der Waals surface area contributed by atoms with E-state index in [9.17, 15) is 4.79 Å². The Balaban J connectivity index is 1.81. The Morgan fingerprint density at radius 1 is 1.27 bits per heavy atom. The molecule has 1 heterocycles. The standard InChI is InChI=1S/C16H23NO4S/c1-19-13-3-4-16(20-2)14(11-13)15(18)12-22-10-7-17-5-8-21-9-6-17/h3-4,11H,5-10,12H2,1-2H3. The van der Waals surface area contributed by atoms with E-state index in [1.807, 2.05) is 0 Å². The molecule has 1 fully saturated rings. The monoisotopic (exact) mass is 325 g/mol. The summed E-state index contributed by atoms with van der Waals surface area (Å²) in [5.74, 6) is 2.73. The number of carbonyl (C=O) groups excluding carboxylic acids is 1. The zero-order valence-corrected chi connectivity index (χ0v) is 14.0. The molecule has 0 saturated carbocycles. The van der Waals surface area contributed by atoms with Gasteiger partial charge in [-0.2, -0.15) is 11.8 Å². The quantitative estimate of drug-likeness (QED) is 0.538. The van der Waals surface area contributed by atoms with Crippen LogP contribution in [0.5, 0.6) is 11.5 Å². The lowest BCUT2D eigenvalue weighted by Crippen LogP contribution is -2.37. The average Bonchev–Trinajstić information content (AvgIpc) is 2.58. The zero-order chi connectivity index (χ0) is 15.8. The summed E-state index contributed by atoms with van der Waals surface area (Å²) in [5.41, 5.74) is 0.584. The molecule has 1 saturated heterocycles. The van der Waals surface area contributed by atoms with Gasteiger partial charge in [0, 0.05) is 25.4 Å². The van der Waals surface area contributed by atoms with E-state index in [4.69, 9.17) is 14.2 Å². The minimum Gasteiger partial charge on any atom is -0.497 e. The molecule has 6 heteroatoms. The van der Waals surface area contributed by atoms with Crippen LogP contribution in [0.4, 0.5) is 0 Å². The van der Waals surface area contributed by atoms with Crippen LogP contribution in [0.25, 0.3) is 0 Å². The van der Waals surface area contributed by atoms with Gasteiger partial charge < -0.3 is 14.2 Å². The van der Waals surface area contributed by atoms with Gasteiger partial charge in [0.1, 0.15) is 11.5 Å². The summed E-state index contributed by atoms with van der Waals surface area (Å²) in [6.45, 7) is 4.59. The molecule has 0 bridgehead atoms. The van der Waals surface area contributed by atoms with E-state index in [-0.39, 0.29) is 5.78 Å². The van der Waals surface area contributed by atoms with Crippen LogP contribution in [-0.2, 0) is 4.74 Å². The van der Waals surface area contributed by atoms with E-state index in [0.717, 1.165) is 38.6 Å². The number of carbonyl (C=O) groups is 1. The number of ether oxygens (including phenoxy) is 3. The summed E-state index contributed by atoms with van der Waals surface area (Å²) < 4.78 is 15.8. The normalized spacial score (nSPS) is 15.5. The number of rotatable bonds is 8. The van der Waals surface area contributed by atoms with E-state index < -0.39 is 0 Å². The van der Waals surface area contributed by atoms with Gasteiger partial charge in [0.2, 0.25) is 0 Å². The molecule has 1 aromatic carbocycles. The molecule has 2 rings (SSSR count). The summed E-state index contributed by atoms with van der Waals surface area (Å²) in [6.07, 6.45) is 0. The highest BCUT2D eigenvalue weighted by molar-refractivity contribution is 8.00. The molecule has 0 unspecified atom stereocenters. The average molecular weight is 325 g/mol. The smallest absolute Gasteiger partial charge is 0.176 e. The fourth-order valence-electron chi connectivity index (χ4n) is 2.29. The molecule has 1 aliphatic rings. The molecular formula is C16H23NO4S. The molecule has 22 heavy (non-hydrogen) atoms. The van der Waals surface area contributed by atoms with Crippen LogP contribution in [0.1, 0.15) is 10.4 Å². The molecule has 5 nitrogen and oxygen atoms in total. The Kier molecular flexibility index (Phi) is 7.02. The summed E-state index contributed by atoms with van der Waals surface area (Å²) >= 11 is 1.65. The van der Waals surface area contributed by atoms with Crippen LogP contribution in [0.2, 0.25) is 0 Å². The highest BCUT2D eigenvalue weighted by Gasteiger charge is 2.14. The summed E-state index contributed by atoms with van der Waals surface area (Å²) in [4.78, 5) is 14.7. The third-order valence-electron chi connectivity index (χ3n) is 3.60. The Bertz CT molecular complexity index is 489. The van der Waals surface area contributed by atoms with Crippen molar-refractivity contribution in [1.82, 2.24) is 4.90 Å². The van der Waals surface area contributed by atoms with Gasteiger partial charge in [0.25, 0.3) is 0 Å².